The number of aryl methyl sites for hydroxylation is 1. The first kappa shape index (κ1) is 19.8. The van der Waals surface area contributed by atoms with Crippen LogP contribution in [-0.4, -0.2) is 34.1 Å². The lowest BCUT2D eigenvalue weighted by atomic mass is 10.0. The first-order valence-electron chi connectivity index (χ1n) is 10.7. The van der Waals surface area contributed by atoms with Crippen molar-refractivity contribution in [2.24, 2.45) is 0 Å². The zero-order chi connectivity index (χ0) is 21.2. The first-order chi connectivity index (χ1) is 15.1. The third kappa shape index (κ3) is 4.46. The Morgan fingerprint density at radius 1 is 1.23 bits per heavy atom. The van der Waals surface area contributed by atoms with Crippen LogP contribution >= 0.6 is 0 Å². The molecule has 0 spiro atoms. The van der Waals surface area contributed by atoms with Gasteiger partial charge in [-0.3, -0.25) is 4.79 Å². The van der Waals surface area contributed by atoms with Gasteiger partial charge in [0.1, 0.15) is 29.7 Å². The second kappa shape index (κ2) is 8.51. The van der Waals surface area contributed by atoms with Gasteiger partial charge in [-0.15, -0.1) is 0 Å². The number of rotatable bonds is 5. The molecule has 1 amide bonds. The quantitative estimate of drug-likeness (QED) is 0.666. The van der Waals surface area contributed by atoms with Gasteiger partial charge in [-0.05, 0) is 48.6 Å². The van der Waals surface area contributed by atoms with Crippen molar-refractivity contribution in [1.82, 2.24) is 20.2 Å². The van der Waals surface area contributed by atoms with Gasteiger partial charge in [-0.2, -0.15) is 0 Å². The normalized spacial score (nSPS) is 19.8. The Labute approximate surface area is 180 Å². The Morgan fingerprint density at radius 2 is 2.06 bits per heavy atom. The lowest BCUT2D eigenvalue weighted by molar-refractivity contribution is 0.0910. The predicted molar refractivity (Wildman–Crippen MR) is 114 cm³/mol. The maximum absolute atomic E-state index is 13.1. The van der Waals surface area contributed by atoms with Crippen molar-refractivity contribution in [3.05, 3.63) is 83.2 Å². The third-order valence-electron chi connectivity index (χ3n) is 5.97. The molecule has 0 aliphatic carbocycles. The summed E-state index contributed by atoms with van der Waals surface area (Å²) in [5.41, 5.74) is 2.67. The highest BCUT2D eigenvalue weighted by atomic mass is 19.1. The van der Waals surface area contributed by atoms with Gasteiger partial charge in [0.25, 0.3) is 5.91 Å². The predicted octanol–water partition coefficient (Wildman–Crippen LogP) is 2.86. The molecule has 160 valence electrons. The largest absolute Gasteiger partial charge is 0.491 e. The average Bonchev–Trinajstić information content (AvgIpc) is 3.22. The van der Waals surface area contributed by atoms with Crippen molar-refractivity contribution in [3.63, 3.8) is 0 Å². The van der Waals surface area contributed by atoms with Gasteiger partial charge in [0.15, 0.2) is 0 Å². The number of hydrogen-bond acceptors (Lipinski definition) is 4. The Morgan fingerprint density at radius 3 is 2.94 bits per heavy atom. The Bertz CT molecular complexity index is 1080. The Hall–Kier alpha value is -3.19. The molecule has 0 fully saturated rings. The van der Waals surface area contributed by atoms with Crippen molar-refractivity contribution < 1.29 is 13.9 Å². The number of amides is 1. The zero-order valence-corrected chi connectivity index (χ0v) is 17.2. The molecule has 7 heteroatoms. The summed E-state index contributed by atoms with van der Waals surface area (Å²) in [5, 5.41) is 6.55. The van der Waals surface area contributed by atoms with E-state index in [-0.39, 0.29) is 23.8 Å². The fraction of sp³-hybridized carbons (Fsp3) is 0.333. The van der Waals surface area contributed by atoms with E-state index in [0.29, 0.717) is 18.8 Å². The molecule has 3 heterocycles. The van der Waals surface area contributed by atoms with Crippen LogP contribution in [0.25, 0.3) is 0 Å². The topological polar surface area (TPSA) is 68.2 Å². The number of aromatic nitrogens is 2. The Balaban J connectivity index is 1.18. The molecule has 1 aromatic heterocycles. The average molecular weight is 420 g/mol. The molecule has 2 N–H and O–H groups in total. The number of hydrogen-bond donors (Lipinski definition) is 2. The van der Waals surface area contributed by atoms with E-state index < -0.39 is 0 Å². The number of imidazole rings is 1. The van der Waals surface area contributed by atoms with E-state index in [0.717, 1.165) is 48.5 Å². The summed E-state index contributed by atoms with van der Waals surface area (Å²) < 4.78 is 20.9. The van der Waals surface area contributed by atoms with Crippen LogP contribution in [0.4, 0.5) is 4.39 Å². The third-order valence-corrected chi connectivity index (χ3v) is 5.97. The van der Waals surface area contributed by atoms with Gasteiger partial charge in [0.05, 0.1) is 12.6 Å². The van der Waals surface area contributed by atoms with Crippen LogP contribution in [0.3, 0.4) is 0 Å². The molecule has 6 nitrogen and oxygen atoms in total. The SMILES string of the molecule is O=C(N[C@H]1COc2ccccc2C1)c1cn2c(n1)CNC(CCc1ccc(F)cc1)C2. The van der Waals surface area contributed by atoms with Gasteiger partial charge in [0.2, 0.25) is 0 Å². The summed E-state index contributed by atoms with van der Waals surface area (Å²) in [6, 6.07) is 14.8. The van der Waals surface area contributed by atoms with Crippen LogP contribution in [0.5, 0.6) is 5.75 Å². The minimum absolute atomic E-state index is 0.0669. The fourth-order valence-corrected chi connectivity index (χ4v) is 4.27. The number of para-hydroxylation sites is 1. The molecule has 2 aliphatic rings. The van der Waals surface area contributed by atoms with Crippen molar-refractivity contribution in [3.8, 4) is 5.75 Å². The van der Waals surface area contributed by atoms with E-state index in [9.17, 15) is 9.18 Å². The molecule has 0 radical (unpaired) electrons. The van der Waals surface area contributed by atoms with E-state index in [2.05, 4.69) is 20.2 Å². The molecule has 0 bridgehead atoms. The van der Waals surface area contributed by atoms with Crippen molar-refractivity contribution >= 4 is 5.91 Å². The highest BCUT2D eigenvalue weighted by Gasteiger charge is 2.25. The van der Waals surface area contributed by atoms with Crippen LogP contribution in [0, 0.1) is 5.82 Å². The highest BCUT2D eigenvalue weighted by Crippen LogP contribution is 2.24. The van der Waals surface area contributed by atoms with E-state index in [1.807, 2.05) is 42.6 Å². The van der Waals surface area contributed by atoms with Crippen LogP contribution in [-0.2, 0) is 25.9 Å². The minimum Gasteiger partial charge on any atom is -0.491 e. The number of nitrogens with one attached hydrogen (secondary N) is 2. The first-order valence-corrected chi connectivity index (χ1v) is 10.7. The van der Waals surface area contributed by atoms with E-state index >= 15 is 0 Å². The van der Waals surface area contributed by atoms with Crippen LogP contribution in [0.15, 0.2) is 54.7 Å². The molecule has 31 heavy (non-hydrogen) atoms. The molecule has 5 rings (SSSR count). The number of fused-ring (bicyclic) bond motifs is 2. The van der Waals surface area contributed by atoms with E-state index in [4.69, 9.17) is 4.74 Å². The number of carbonyl (C=O) groups is 1. The van der Waals surface area contributed by atoms with Gasteiger partial charge in [-0.1, -0.05) is 30.3 Å². The van der Waals surface area contributed by atoms with Crippen molar-refractivity contribution in [1.29, 1.82) is 0 Å². The lowest BCUT2D eigenvalue weighted by Gasteiger charge is -2.25. The molecular formula is C24H25FN4O2. The smallest absolute Gasteiger partial charge is 0.271 e. The van der Waals surface area contributed by atoms with Gasteiger partial charge < -0.3 is 19.9 Å². The summed E-state index contributed by atoms with van der Waals surface area (Å²) in [6.45, 7) is 1.85. The molecule has 2 aliphatic heterocycles. The Kier molecular flexibility index (Phi) is 5.42. The maximum atomic E-state index is 13.1. The highest BCUT2D eigenvalue weighted by molar-refractivity contribution is 5.92. The van der Waals surface area contributed by atoms with Crippen LogP contribution in [0.2, 0.25) is 0 Å². The van der Waals surface area contributed by atoms with Gasteiger partial charge in [0, 0.05) is 18.8 Å². The monoisotopic (exact) mass is 420 g/mol. The van der Waals surface area contributed by atoms with Gasteiger partial charge in [-0.25, -0.2) is 9.37 Å². The standard InChI is InChI=1S/C24H25FN4O2/c25-18-8-5-16(6-9-18)7-10-19-13-29-14-21(28-23(29)12-26-19)24(30)27-20-11-17-3-1-2-4-22(17)31-15-20/h1-6,8-9,14,19-20,26H,7,10-13,15H2,(H,27,30)/t19?,20-/m1/s1. The number of benzene rings is 2. The maximum Gasteiger partial charge on any atom is 0.271 e. The van der Waals surface area contributed by atoms with Crippen molar-refractivity contribution in [2.45, 2.75) is 44.4 Å². The fourth-order valence-electron chi connectivity index (χ4n) is 4.27. The number of halogens is 1. The van der Waals surface area contributed by atoms with E-state index in [1.165, 1.54) is 12.1 Å². The van der Waals surface area contributed by atoms with E-state index in [1.54, 1.807) is 0 Å². The molecule has 3 aromatic rings. The minimum atomic E-state index is -0.211. The molecular weight excluding hydrogens is 395 g/mol. The second-order valence-electron chi connectivity index (χ2n) is 8.23. The summed E-state index contributed by atoms with van der Waals surface area (Å²) >= 11 is 0. The lowest BCUT2D eigenvalue weighted by Crippen LogP contribution is -2.42. The molecule has 0 saturated heterocycles. The second-order valence-corrected chi connectivity index (χ2v) is 8.23. The van der Waals surface area contributed by atoms with Crippen LogP contribution in [0.1, 0.15) is 33.9 Å². The number of nitrogens with zero attached hydrogens (tertiary/aromatic N) is 2. The summed E-state index contributed by atoms with van der Waals surface area (Å²) in [4.78, 5) is 17.3. The molecule has 2 atom stereocenters. The van der Waals surface area contributed by atoms with Gasteiger partial charge >= 0.3 is 0 Å². The summed E-state index contributed by atoms with van der Waals surface area (Å²) in [7, 11) is 0. The van der Waals surface area contributed by atoms with Crippen molar-refractivity contribution in [2.75, 3.05) is 6.61 Å². The zero-order valence-electron chi connectivity index (χ0n) is 17.2. The molecule has 2 aromatic carbocycles. The molecule has 0 saturated carbocycles. The molecule has 1 unspecified atom stereocenters. The summed E-state index contributed by atoms with van der Waals surface area (Å²) in [5.74, 6) is 1.38. The summed E-state index contributed by atoms with van der Waals surface area (Å²) in [6.07, 6.45) is 4.40. The number of ether oxygens (including phenoxy) is 1. The number of carbonyl (C=O) groups excluding carboxylic acids is 1. The van der Waals surface area contributed by atoms with Crippen LogP contribution < -0.4 is 15.4 Å².